The average molecular weight is 208 g/mol. The average Bonchev–Trinajstić information content (AvgIpc) is 2.17. The maximum absolute atomic E-state index is 11.8. The smallest absolute Gasteiger partial charge is 0.259 e. The first-order valence-electron chi connectivity index (χ1n) is 5.01. The standard InChI is InChI=1S/C11H16N2O2/c1-4-5-13(3)11(15)9-7-12-8(2)6-10(9)14/h6-7H,4-5H2,1-3H3,(H,12,14). The first kappa shape index (κ1) is 11.5. The van der Waals surface area contributed by atoms with Gasteiger partial charge in [-0.05, 0) is 13.3 Å². The van der Waals surface area contributed by atoms with Gasteiger partial charge in [-0.1, -0.05) is 6.92 Å². The summed E-state index contributed by atoms with van der Waals surface area (Å²) in [6.07, 6.45) is 2.36. The van der Waals surface area contributed by atoms with E-state index in [1.54, 1.807) is 18.9 Å². The zero-order chi connectivity index (χ0) is 11.4. The van der Waals surface area contributed by atoms with Crippen LogP contribution in [0.15, 0.2) is 17.1 Å². The number of carbonyl (C=O) groups is 1. The zero-order valence-corrected chi connectivity index (χ0v) is 9.33. The van der Waals surface area contributed by atoms with Gasteiger partial charge in [-0.2, -0.15) is 0 Å². The molecule has 0 aliphatic rings. The third-order valence-corrected chi connectivity index (χ3v) is 2.19. The first-order chi connectivity index (χ1) is 7.06. The summed E-state index contributed by atoms with van der Waals surface area (Å²) in [6.45, 7) is 4.43. The number of hydrogen-bond donors (Lipinski definition) is 1. The number of H-pyrrole nitrogens is 1. The van der Waals surface area contributed by atoms with Gasteiger partial charge >= 0.3 is 0 Å². The van der Waals surface area contributed by atoms with E-state index < -0.39 is 0 Å². The minimum absolute atomic E-state index is 0.205. The second-order valence-electron chi connectivity index (χ2n) is 3.62. The van der Waals surface area contributed by atoms with Gasteiger partial charge in [-0.3, -0.25) is 9.59 Å². The van der Waals surface area contributed by atoms with Gasteiger partial charge in [0.2, 0.25) is 0 Å². The van der Waals surface area contributed by atoms with E-state index >= 15 is 0 Å². The lowest BCUT2D eigenvalue weighted by molar-refractivity contribution is 0.0793. The molecule has 82 valence electrons. The van der Waals surface area contributed by atoms with Gasteiger partial charge in [0.15, 0.2) is 5.43 Å². The van der Waals surface area contributed by atoms with Crippen LogP contribution in [-0.2, 0) is 0 Å². The van der Waals surface area contributed by atoms with Crippen molar-refractivity contribution in [1.82, 2.24) is 9.88 Å². The van der Waals surface area contributed by atoms with E-state index in [-0.39, 0.29) is 16.9 Å². The zero-order valence-electron chi connectivity index (χ0n) is 9.33. The fourth-order valence-corrected chi connectivity index (χ4v) is 1.38. The molecule has 0 bridgehead atoms. The van der Waals surface area contributed by atoms with Gasteiger partial charge in [0, 0.05) is 31.5 Å². The van der Waals surface area contributed by atoms with Crippen LogP contribution in [0.5, 0.6) is 0 Å². The molecular weight excluding hydrogens is 192 g/mol. The van der Waals surface area contributed by atoms with Crippen LogP contribution in [-0.4, -0.2) is 29.4 Å². The van der Waals surface area contributed by atoms with Gasteiger partial charge < -0.3 is 9.88 Å². The van der Waals surface area contributed by atoms with Crippen LogP contribution in [0.2, 0.25) is 0 Å². The van der Waals surface area contributed by atoms with Crippen LogP contribution in [0.25, 0.3) is 0 Å². The Kier molecular flexibility index (Phi) is 3.66. The van der Waals surface area contributed by atoms with Crippen LogP contribution in [0, 0.1) is 6.92 Å². The van der Waals surface area contributed by atoms with Gasteiger partial charge in [-0.15, -0.1) is 0 Å². The molecule has 0 saturated carbocycles. The Balaban J connectivity index is 2.96. The summed E-state index contributed by atoms with van der Waals surface area (Å²) in [4.78, 5) is 27.7. The molecule has 0 aromatic carbocycles. The number of aryl methyl sites for hydroxylation is 1. The van der Waals surface area contributed by atoms with E-state index in [1.807, 2.05) is 6.92 Å². The van der Waals surface area contributed by atoms with E-state index in [0.29, 0.717) is 6.54 Å². The summed E-state index contributed by atoms with van der Waals surface area (Å²) in [5.41, 5.74) is 0.741. The quantitative estimate of drug-likeness (QED) is 0.810. The Morgan fingerprint density at radius 1 is 1.53 bits per heavy atom. The van der Waals surface area contributed by atoms with Crippen LogP contribution in [0.3, 0.4) is 0 Å². The second-order valence-corrected chi connectivity index (χ2v) is 3.62. The molecule has 1 N–H and O–H groups in total. The molecule has 1 rings (SSSR count). The SMILES string of the molecule is CCCN(C)C(=O)c1c[nH]c(C)cc1=O. The number of aromatic amines is 1. The van der Waals surface area contributed by atoms with Gasteiger partial charge in [0.1, 0.15) is 5.56 Å². The molecule has 1 amide bonds. The summed E-state index contributed by atoms with van der Waals surface area (Å²) in [6, 6.07) is 1.44. The minimum atomic E-state index is -0.224. The van der Waals surface area contributed by atoms with Crippen LogP contribution < -0.4 is 5.43 Å². The minimum Gasteiger partial charge on any atom is -0.364 e. The lowest BCUT2D eigenvalue weighted by atomic mass is 10.2. The number of hydrogen-bond acceptors (Lipinski definition) is 2. The molecule has 0 saturated heterocycles. The molecule has 1 heterocycles. The molecule has 1 aromatic rings. The fourth-order valence-electron chi connectivity index (χ4n) is 1.38. The van der Waals surface area contributed by atoms with E-state index in [1.165, 1.54) is 12.3 Å². The van der Waals surface area contributed by atoms with Crippen LogP contribution in [0.4, 0.5) is 0 Å². The normalized spacial score (nSPS) is 10.1. The topological polar surface area (TPSA) is 53.2 Å². The van der Waals surface area contributed by atoms with Crippen LogP contribution in [0.1, 0.15) is 29.4 Å². The second kappa shape index (κ2) is 4.77. The van der Waals surface area contributed by atoms with E-state index in [0.717, 1.165) is 12.1 Å². The molecule has 0 radical (unpaired) electrons. The van der Waals surface area contributed by atoms with Crippen LogP contribution >= 0.6 is 0 Å². The Labute approximate surface area is 88.9 Å². The number of nitrogens with one attached hydrogen (secondary N) is 1. The lowest BCUT2D eigenvalue weighted by Gasteiger charge is -2.15. The number of amides is 1. The van der Waals surface area contributed by atoms with Gasteiger partial charge in [0.05, 0.1) is 0 Å². The predicted octanol–water partition coefficient (Wildman–Crippen LogP) is 1.17. The largest absolute Gasteiger partial charge is 0.364 e. The Hall–Kier alpha value is -1.58. The highest BCUT2D eigenvalue weighted by atomic mass is 16.2. The van der Waals surface area contributed by atoms with Crippen molar-refractivity contribution in [3.8, 4) is 0 Å². The molecule has 0 fully saturated rings. The van der Waals surface area contributed by atoms with E-state index in [9.17, 15) is 9.59 Å². The Morgan fingerprint density at radius 2 is 2.20 bits per heavy atom. The van der Waals surface area contributed by atoms with Crippen molar-refractivity contribution in [2.45, 2.75) is 20.3 Å². The molecule has 4 heteroatoms. The summed E-state index contributed by atoms with van der Waals surface area (Å²) in [5, 5.41) is 0. The van der Waals surface area contributed by atoms with E-state index in [4.69, 9.17) is 0 Å². The number of rotatable bonds is 3. The molecule has 0 spiro atoms. The maximum atomic E-state index is 11.8. The molecule has 4 nitrogen and oxygen atoms in total. The molecule has 15 heavy (non-hydrogen) atoms. The molecule has 0 aliphatic heterocycles. The van der Waals surface area contributed by atoms with Crippen molar-refractivity contribution in [2.24, 2.45) is 0 Å². The molecular formula is C11H16N2O2. The third kappa shape index (κ3) is 2.68. The summed E-state index contributed by atoms with van der Waals surface area (Å²) < 4.78 is 0. The van der Waals surface area contributed by atoms with Gasteiger partial charge in [-0.25, -0.2) is 0 Å². The number of aromatic nitrogens is 1. The lowest BCUT2D eigenvalue weighted by Crippen LogP contribution is -2.31. The van der Waals surface area contributed by atoms with Crippen molar-refractivity contribution in [3.63, 3.8) is 0 Å². The third-order valence-electron chi connectivity index (χ3n) is 2.19. The maximum Gasteiger partial charge on any atom is 0.259 e. The van der Waals surface area contributed by atoms with Crippen molar-refractivity contribution >= 4 is 5.91 Å². The predicted molar refractivity (Wildman–Crippen MR) is 59.1 cm³/mol. The number of pyridine rings is 1. The molecule has 0 aliphatic carbocycles. The molecule has 0 unspecified atom stereocenters. The first-order valence-corrected chi connectivity index (χ1v) is 5.01. The molecule has 1 aromatic heterocycles. The van der Waals surface area contributed by atoms with Gasteiger partial charge in [0.25, 0.3) is 5.91 Å². The van der Waals surface area contributed by atoms with Crippen molar-refractivity contribution in [2.75, 3.05) is 13.6 Å². The summed E-state index contributed by atoms with van der Waals surface area (Å²) in [7, 11) is 1.70. The summed E-state index contributed by atoms with van der Waals surface area (Å²) in [5.74, 6) is -0.224. The van der Waals surface area contributed by atoms with Crippen molar-refractivity contribution in [1.29, 1.82) is 0 Å². The van der Waals surface area contributed by atoms with E-state index in [2.05, 4.69) is 4.98 Å². The highest BCUT2D eigenvalue weighted by Gasteiger charge is 2.13. The highest BCUT2D eigenvalue weighted by molar-refractivity contribution is 5.93. The fraction of sp³-hybridized carbons (Fsp3) is 0.455. The summed E-state index contributed by atoms with van der Waals surface area (Å²) >= 11 is 0. The Bertz CT molecular complexity index is 409. The van der Waals surface area contributed by atoms with Crippen molar-refractivity contribution < 1.29 is 4.79 Å². The number of carbonyl (C=O) groups excluding carboxylic acids is 1. The van der Waals surface area contributed by atoms with Crippen molar-refractivity contribution in [3.05, 3.63) is 33.7 Å². The number of nitrogens with zero attached hydrogens (tertiary/aromatic N) is 1. The monoisotopic (exact) mass is 208 g/mol. The molecule has 0 atom stereocenters. The highest BCUT2D eigenvalue weighted by Crippen LogP contribution is 1.98. The Morgan fingerprint density at radius 3 is 2.73 bits per heavy atom.